The maximum atomic E-state index is 12.4. The van der Waals surface area contributed by atoms with Gasteiger partial charge in [-0.15, -0.1) is 0 Å². The van der Waals surface area contributed by atoms with Gasteiger partial charge in [-0.1, -0.05) is 6.07 Å². The van der Waals surface area contributed by atoms with Gasteiger partial charge in [0.2, 0.25) is 5.95 Å². The van der Waals surface area contributed by atoms with Crippen LogP contribution in [0.25, 0.3) is 16.7 Å². The van der Waals surface area contributed by atoms with Crippen molar-refractivity contribution in [1.29, 1.82) is 0 Å². The first kappa shape index (κ1) is 22.4. The highest BCUT2D eigenvalue weighted by Crippen LogP contribution is 2.30. The fourth-order valence-corrected chi connectivity index (χ4v) is 4.20. The normalized spacial score (nSPS) is 19.2. The monoisotopic (exact) mass is 447 g/mol. The molecule has 3 aromatic rings. The Balaban J connectivity index is 1.46. The van der Waals surface area contributed by atoms with Crippen LogP contribution in [-0.2, 0) is 0 Å². The van der Waals surface area contributed by atoms with Crippen LogP contribution in [0.3, 0.4) is 0 Å². The summed E-state index contributed by atoms with van der Waals surface area (Å²) in [5, 5.41) is 4.27. The lowest BCUT2D eigenvalue weighted by Crippen LogP contribution is -2.29. The number of anilines is 1. The van der Waals surface area contributed by atoms with E-state index in [0.29, 0.717) is 29.5 Å². The Morgan fingerprint density at radius 2 is 1.94 bits per heavy atom. The number of aromatic nitrogens is 3. The van der Waals surface area contributed by atoms with Gasteiger partial charge in [0.1, 0.15) is 11.6 Å². The molecule has 1 aromatic carbocycles. The largest absolute Gasteiger partial charge is 0.493 e. The van der Waals surface area contributed by atoms with Gasteiger partial charge >= 0.3 is 6.18 Å². The Hall–Kier alpha value is -2.81. The summed E-state index contributed by atoms with van der Waals surface area (Å²) in [5.74, 6) is 2.46. The number of rotatable bonds is 8. The molecule has 1 aliphatic carbocycles. The van der Waals surface area contributed by atoms with Crippen molar-refractivity contribution in [3.8, 4) is 11.6 Å². The summed E-state index contributed by atoms with van der Waals surface area (Å²) in [5.41, 5.74) is 6.65. The van der Waals surface area contributed by atoms with Gasteiger partial charge in [-0.2, -0.15) is 18.2 Å². The number of halogens is 3. The zero-order chi connectivity index (χ0) is 22.6. The minimum Gasteiger partial charge on any atom is -0.493 e. The molecular weight excluding hydrogens is 419 g/mol. The minimum atomic E-state index is -4.17. The second-order valence-corrected chi connectivity index (χ2v) is 8.28. The number of fused-ring (bicyclic) bond motifs is 1. The van der Waals surface area contributed by atoms with Crippen molar-refractivity contribution >= 4 is 16.9 Å². The van der Waals surface area contributed by atoms with Gasteiger partial charge in [0, 0.05) is 30.2 Å². The van der Waals surface area contributed by atoms with Crippen LogP contribution in [0.5, 0.6) is 5.75 Å². The van der Waals surface area contributed by atoms with Crippen molar-refractivity contribution in [3.63, 3.8) is 0 Å². The summed E-state index contributed by atoms with van der Waals surface area (Å²) in [6, 6.07) is 9.58. The Bertz CT molecular complexity index is 1030. The van der Waals surface area contributed by atoms with Crippen molar-refractivity contribution in [1.82, 2.24) is 14.5 Å². The SMILES string of the molecule is NC[C@H]1CC[C@H](Nc2nccc(-n3ccc4c(OCCCC(F)(F)F)cccc43)n2)CC1. The molecule has 0 aliphatic heterocycles. The fraction of sp³-hybridized carbons (Fsp3) is 0.478. The fourth-order valence-electron chi connectivity index (χ4n) is 4.20. The molecule has 0 radical (unpaired) electrons. The molecule has 32 heavy (non-hydrogen) atoms. The van der Waals surface area contributed by atoms with Crippen molar-refractivity contribution in [2.45, 2.75) is 50.7 Å². The van der Waals surface area contributed by atoms with Crippen LogP contribution < -0.4 is 15.8 Å². The smallest absolute Gasteiger partial charge is 0.389 e. The molecule has 172 valence electrons. The molecule has 1 fully saturated rings. The lowest BCUT2D eigenvalue weighted by Gasteiger charge is -2.28. The molecule has 0 unspecified atom stereocenters. The Labute approximate surface area is 185 Å². The van der Waals surface area contributed by atoms with E-state index in [2.05, 4.69) is 15.3 Å². The second kappa shape index (κ2) is 9.77. The van der Waals surface area contributed by atoms with Crippen molar-refractivity contribution in [2.75, 3.05) is 18.5 Å². The predicted molar refractivity (Wildman–Crippen MR) is 118 cm³/mol. The predicted octanol–water partition coefficient (Wildman–Crippen LogP) is 5.07. The van der Waals surface area contributed by atoms with Gasteiger partial charge in [-0.25, -0.2) is 4.98 Å². The minimum absolute atomic E-state index is 0.0117. The molecule has 3 N–H and O–H groups in total. The lowest BCUT2D eigenvalue weighted by atomic mass is 9.86. The summed E-state index contributed by atoms with van der Waals surface area (Å²) in [4.78, 5) is 9.05. The highest BCUT2D eigenvalue weighted by atomic mass is 19.4. The van der Waals surface area contributed by atoms with Crippen molar-refractivity contribution in [3.05, 3.63) is 42.7 Å². The van der Waals surface area contributed by atoms with E-state index in [1.807, 2.05) is 35.0 Å². The number of ether oxygens (including phenoxy) is 1. The third-order valence-electron chi connectivity index (χ3n) is 5.96. The van der Waals surface area contributed by atoms with Gasteiger partial charge < -0.3 is 20.4 Å². The first-order valence-electron chi connectivity index (χ1n) is 11.0. The molecule has 0 bridgehead atoms. The van der Waals surface area contributed by atoms with Crippen LogP contribution in [0.2, 0.25) is 0 Å². The molecule has 2 aromatic heterocycles. The first-order valence-corrected chi connectivity index (χ1v) is 11.0. The maximum Gasteiger partial charge on any atom is 0.389 e. The number of benzene rings is 1. The molecule has 0 atom stereocenters. The van der Waals surface area contributed by atoms with E-state index < -0.39 is 12.6 Å². The number of alkyl halides is 3. The molecule has 2 heterocycles. The van der Waals surface area contributed by atoms with E-state index in [0.717, 1.165) is 43.1 Å². The molecule has 9 heteroatoms. The highest BCUT2D eigenvalue weighted by molar-refractivity contribution is 5.87. The number of hydrogen-bond donors (Lipinski definition) is 2. The third-order valence-corrected chi connectivity index (χ3v) is 5.96. The molecule has 1 aliphatic rings. The van der Waals surface area contributed by atoms with E-state index in [4.69, 9.17) is 10.5 Å². The third kappa shape index (κ3) is 5.51. The summed E-state index contributed by atoms with van der Waals surface area (Å²) >= 11 is 0. The zero-order valence-corrected chi connectivity index (χ0v) is 17.8. The first-order chi connectivity index (χ1) is 15.4. The summed E-state index contributed by atoms with van der Waals surface area (Å²) < 4.78 is 44.6. The standard InChI is InChI=1S/C23H28F3N5O/c24-23(25,26)11-2-14-32-20-4-1-3-19-18(20)10-13-31(19)21-9-12-28-22(30-21)29-17-7-5-16(15-27)6-8-17/h1,3-4,9-10,12-13,16-17H,2,5-8,11,14-15,27H2,(H,28,29,30)/t16-,17-. The van der Waals surface area contributed by atoms with Crippen LogP contribution in [-0.4, -0.2) is 39.9 Å². The highest BCUT2D eigenvalue weighted by Gasteiger charge is 2.26. The van der Waals surface area contributed by atoms with Crippen molar-refractivity contribution < 1.29 is 17.9 Å². The van der Waals surface area contributed by atoms with E-state index in [1.54, 1.807) is 12.3 Å². The van der Waals surface area contributed by atoms with Gasteiger partial charge in [0.05, 0.1) is 12.1 Å². The van der Waals surface area contributed by atoms with Crippen LogP contribution >= 0.6 is 0 Å². The van der Waals surface area contributed by atoms with Crippen LogP contribution in [0, 0.1) is 5.92 Å². The number of nitrogens with two attached hydrogens (primary N) is 1. The Kier molecular flexibility index (Phi) is 6.83. The Morgan fingerprint density at radius 3 is 2.69 bits per heavy atom. The average Bonchev–Trinajstić information content (AvgIpc) is 3.22. The molecule has 0 saturated heterocycles. The molecule has 0 amide bonds. The second-order valence-electron chi connectivity index (χ2n) is 8.28. The van der Waals surface area contributed by atoms with Gasteiger partial charge in [-0.05, 0) is 68.8 Å². The molecular formula is C23H28F3N5O. The van der Waals surface area contributed by atoms with Gasteiger partial charge in [0.15, 0.2) is 0 Å². The molecule has 1 saturated carbocycles. The van der Waals surface area contributed by atoms with E-state index in [1.165, 1.54) is 0 Å². The van der Waals surface area contributed by atoms with Crippen LogP contribution in [0.1, 0.15) is 38.5 Å². The van der Waals surface area contributed by atoms with E-state index in [-0.39, 0.29) is 13.0 Å². The van der Waals surface area contributed by atoms with Crippen molar-refractivity contribution in [2.24, 2.45) is 11.7 Å². The van der Waals surface area contributed by atoms with E-state index >= 15 is 0 Å². The molecule has 4 rings (SSSR count). The summed E-state index contributed by atoms with van der Waals surface area (Å²) in [6.45, 7) is 0.755. The lowest BCUT2D eigenvalue weighted by molar-refractivity contribution is -0.136. The van der Waals surface area contributed by atoms with Crippen LogP contribution in [0.4, 0.5) is 19.1 Å². The molecule has 6 nitrogen and oxygen atoms in total. The average molecular weight is 448 g/mol. The van der Waals surface area contributed by atoms with Crippen LogP contribution in [0.15, 0.2) is 42.7 Å². The van der Waals surface area contributed by atoms with Gasteiger partial charge in [0.25, 0.3) is 0 Å². The molecule has 0 spiro atoms. The maximum absolute atomic E-state index is 12.4. The number of hydrogen-bond acceptors (Lipinski definition) is 5. The zero-order valence-electron chi connectivity index (χ0n) is 17.8. The quantitative estimate of drug-likeness (QED) is 0.472. The summed E-state index contributed by atoms with van der Waals surface area (Å²) in [6.07, 6.45) is 2.84. The summed E-state index contributed by atoms with van der Waals surface area (Å²) in [7, 11) is 0. The number of nitrogens with zero attached hydrogens (tertiary/aromatic N) is 3. The topological polar surface area (TPSA) is 78.0 Å². The Morgan fingerprint density at radius 1 is 1.12 bits per heavy atom. The number of nitrogens with one attached hydrogen (secondary N) is 1. The van der Waals surface area contributed by atoms with Gasteiger partial charge in [-0.3, -0.25) is 0 Å². The van der Waals surface area contributed by atoms with E-state index in [9.17, 15) is 13.2 Å².